The molecule has 3 unspecified atom stereocenters. The van der Waals surface area contributed by atoms with Crippen molar-refractivity contribution in [2.24, 2.45) is 34.5 Å². The highest BCUT2D eigenvalue weighted by Crippen LogP contribution is 2.66. The third-order valence-corrected chi connectivity index (χ3v) is 9.26. The maximum atomic E-state index is 12.3. The normalized spacial score (nSPS) is 50.8. The Balaban J connectivity index is 1.63. The molecule has 3 aliphatic carbocycles. The van der Waals surface area contributed by atoms with Gasteiger partial charge in [-0.15, -0.1) is 6.58 Å². The van der Waals surface area contributed by atoms with E-state index in [2.05, 4.69) is 39.3 Å². The summed E-state index contributed by atoms with van der Waals surface area (Å²) in [4.78, 5) is 14.4. The van der Waals surface area contributed by atoms with E-state index in [0.29, 0.717) is 41.4 Å². The zero-order chi connectivity index (χ0) is 18.7. The van der Waals surface area contributed by atoms with Gasteiger partial charge in [0.1, 0.15) is 0 Å². The first-order valence-corrected chi connectivity index (χ1v) is 10.8. The van der Waals surface area contributed by atoms with Gasteiger partial charge >= 0.3 is 0 Å². The van der Waals surface area contributed by atoms with E-state index in [-0.39, 0.29) is 0 Å². The Morgan fingerprint density at radius 2 is 1.92 bits per heavy atom. The molecule has 0 aromatic rings. The van der Waals surface area contributed by atoms with E-state index in [9.17, 15) is 4.79 Å². The zero-order valence-electron chi connectivity index (χ0n) is 17.2. The van der Waals surface area contributed by atoms with E-state index in [1.807, 2.05) is 6.08 Å². The van der Waals surface area contributed by atoms with Gasteiger partial charge in [-0.05, 0) is 73.0 Å². The number of hydrogen-bond acceptors (Lipinski definition) is 2. The molecule has 1 aliphatic heterocycles. The lowest BCUT2D eigenvalue weighted by atomic mass is 9.45. The summed E-state index contributed by atoms with van der Waals surface area (Å²) in [7, 11) is 2.05. The van der Waals surface area contributed by atoms with Gasteiger partial charge in [0.2, 0.25) is 5.91 Å². The Morgan fingerprint density at radius 3 is 2.65 bits per heavy atom. The molecule has 26 heavy (non-hydrogen) atoms. The molecule has 4 aliphatic rings. The van der Waals surface area contributed by atoms with Gasteiger partial charge < -0.3 is 9.64 Å². The third kappa shape index (κ3) is 2.45. The highest BCUT2D eigenvalue weighted by Gasteiger charge is 2.63. The molecular weight excluding hydrogens is 322 g/mol. The third-order valence-electron chi connectivity index (χ3n) is 9.26. The van der Waals surface area contributed by atoms with Gasteiger partial charge in [-0.1, -0.05) is 26.8 Å². The quantitative estimate of drug-likeness (QED) is 0.686. The van der Waals surface area contributed by atoms with Crippen LogP contribution in [0, 0.1) is 34.5 Å². The molecule has 0 aromatic heterocycles. The smallest absolute Gasteiger partial charge is 0.222 e. The lowest BCUT2D eigenvalue weighted by Gasteiger charge is -2.63. The van der Waals surface area contributed by atoms with Crippen LogP contribution >= 0.6 is 0 Å². The van der Waals surface area contributed by atoms with E-state index in [1.54, 1.807) is 0 Å². The summed E-state index contributed by atoms with van der Waals surface area (Å²) in [6, 6.07) is 0.443. The molecule has 0 aromatic carbocycles. The van der Waals surface area contributed by atoms with Crippen LogP contribution in [0.4, 0.5) is 0 Å². The summed E-state index contributed by atoms with van der Waals surface area (Å²) >= 11 is 0. The van der Waals surface area contributed by atoms with Crippen molar-refractivity contribution in [3.63, 3.8) is 0 Å². The number of carbonyl (C=O) groups excluding carboxylic acids is 1. The summed E-state index contributed by atoms with van der Waals surface area (Å²) in [6.07, 6.45) is 10.4. The van der Waals surface area contributed by atoms with E-state index in [4.69, 9.17) is 4.74 Å². The minimum absolute atomic E-state index is 0.307. The standard InChI is InChI=1S/C23H37NO2/c1-6-13-26-19-8-7-16-21-15(2)14-18-22(3,12-10-20(25)24(18)5)17(21)9-11-23(16,19)4/h6,15-19,21H,1,7-14H2,2-5H3/t15?,16-,17+,18?,19?,21-,22+,23-/m0/s1. The van der Waals surface area contributed by atoms with Gasteiger partial charge in [0.25, 0.3) is 0 Å². The van der Waals surface area contributed by atoms with Crippen LogP contribution in [-0.4, -0.2) is 36.6 Å². The van der Waals surface area contributed by atoms with Gasteiger partial charge in [0.05, 0.1) is 12.7 Å². The Hall–Kier alpha value is -0.830. The lowest BCUT2D eigenvalue weighted by Crippen LogP contribution is -2.63. The maximum Gasteiger partial charge on any atom is 0.222 e. The molecule has 0 spiro atoms. The van der Waals surface area contributed by atoms with Crippen molar-refractivity contribution >= 4 is 5.91 Å². The number of carbonyl (C=O) groups is 1. The molecule has 0 bridgehead atoms. The molecule has 8 atom stereocenters. The van der Waals surface area contributed by atoms with E-state index in [0.717, 1.165) is 30.6 Å². The molecule has 3 nitrogen and oxygen atoms in total. The van der Waals surface area contributed by atoms with Crippen LogP contribution in [-0.2, 0) is 9.53 Å². The maximum absolute atomic E-state index is 12.3. The molecule has 0 radical (unpaired) electrons. The second-order valence-electron chi connectivity index (χ2n) is 10.3. The van der Waals surface area contributed by atoms with Crippen molar-refractivity contribution in [2.45, 2.75) is 77.9 Å². The topological polar surface area (TPSA) is 29.5 Å². The van der Waals surface area contributed by atoms with Crippen LogP contribution in [0.5, 0.6) is 0 Å². The fourth-order valence-corrected chi connectivity index (χ4v) is 7.87. The summed E-state index contributed by atoms with van der Waals surface area (Å²) < 4.78 is 6.23. The fraction of sp³-hybridized carbons (Fsp3) is 0.870. The second kappa shape index (κ2) is 6.36. The van der Waals surface area contributed by atoms with Crippen LogP contribution < -0.4 is 0 Å². The van der Waals surface area contributed by atoms with Crippen LogP contribution in [0.2, 0.25) is 0 Å². The van der Waals surface area contributed by atoms with Crippen molar-refractivity contribution in [3.05, 3.63) is 12.7 Å². The first-order chi connectivity index (χ1) is 12.3. The van der Waals surface area contributed by atoms with Crippen LogP contribution in [0.1, 0.15) is 65.7 Å². The number of fused-ring (bicyclic) bond motifs is 5. The first kappa shape index (κ1) is 18.5. The largest absolute Gasteiger partial charge is 0.374 e. The highest BCUT2D eigenvalue weighted by atomic mass is 16.5. The van der Waals surface area contributed by atoms with Crippen LogP contribution in [0.15, 0.2) is 12.7 Å². The molecule has 3 heteroatoms. The van der Waals surface area contributed by atoms with Crippen LogP contribution in [0.25, 0.3) is 0 Å². The summed E-state index contributed by atoms with van der Waals surface area (Å²) in [5.41, 5.74) is 0.638. The average Bonchev–Trinajstić information content (AvgIpc) is 2.95. The average molecular weight is 360 g/mol. The van der Waals surface area contributed by atoms with Gasteiger partial charge in [0, 0.05) is 19.5 Å². The number of ether oxygens (including phenoxy) is 1. The Kier molecular flexibility index (Phi) is 4.53. The van der Waals surface area contributed by atoms with Crippen molar-refractivity contribution in [2.75, 3.05) is 13.7 Å². The second-order valence-corrected chi connectivity index (χ2v) is 10.3. The van der Waals surface area contributed by atoms with Gasteiger partial charge in [-0.3, -0.25) is 4.79 Å². The molecule has 4 fully saturated rings. The van der Waals surface area contributed by atoms with Crippen LogP contribution in [0.3, 0.4) is 0 Å². The van der Waals surface area contributed by atoms with Gasteiger partial charge in [0.15, 0.2) is 0 Å². The Labute approximate surface area is 159 Å². The predicted octanol–water partition coefficient (Wildman–Crippen LogP) is 4.67. The number of hydrogen-bond donors (Lipinski definition) is 0. The van der Waals surface area contributed by atoms with Crippen molar-refractivity contribution in [3.8, 4) is 0 Å². The summed E-state index contributed by atoms with van der Waals surface area (Å²) in [6.45, 7) is 12.0. The predicted molar refractivity (Wildman–Crippen MR) is 105 cm³/mol. The highest BCUT2D eigenvalue weighted by molar-refractivity contribution is 5.77. The summed E-state index contributed by atoms with van der Waals surface area (Å²) in [5.74, 6) is 3.41. The number of nitrogens with zero attached hydrogens (tertiary/aromatic N) is 1. The zero-order valence-corrected chi connectivity index (χ0v) is 17.2. The number of likely N-dealkylation sites (tertiary alicyclic amines) is 1. The van der Waals surface area contributed by atoms with E-state index < -0.39 is 0 Å². The SMILES string of the molecule is C=CCOC1CC[C@H]2[C@@H]3C(C)CC4N(C)C(=O)CC[C@]4(C)[C@@H]3CC[C@]12C. The molecule has 146 valence electrons. The van der Waals surface area contributed by atoms with Crippen molar-refractivity contribution in [1.82, 2.24) is 4.90 Å². The minimum atomic E-state index is 0.307. The molecule has 1 saturated heterocycles. The fourth-order valence-electron chi connectivity index (χ4n) is 7.87. The van der Waals surface area contributed by atoms with E-state index in [1.165, 1.54) is 32.1 Å². The van der Waals surface area contributed by atoms with Gasteiger partial charge in [-0.2, -0.15) is 0 Å². The number of piperidine rings is 1. The lowest BCUT2D eigenvalue weighted by molar-refractivity contribution is -0.170. The summed E-state index contributed by atoms with van der Waals surface area (Å²) in [5, 5.41) is 0. The monoisotopic (exact) mass is 359 g/mol. The number of rotatable bonds is 3. The van der Waals surface area contributed by atoms with Crippen molar-refractivity contribution < 1.29 is 9.53 Å². The van der Waals surface area contributed by atoms with Crippen molar-refractivity contribution in [1.29, 1.82) is 0 Å². The molecule has 1 heterocycles. The minimum Gasteiger partial charge on any atom is -0.374 e. The Morgan fingerprint density at radius 1 is 1.19 bits per heavy atom. The molecule has 4 rings (SSSR count). The first-order valence-electron chi connectivity index (χ1n) is 10.8. The molecule has 1 amide bonds. The van der Waals surface area contributed by atoms with Gasteiger partial charge in [-0.25, -0.2) is 0 Å². The number of amides is 1. The molecular formula is C23H37NO2. The molecule has 3 saturated carbocycles. The van der Waals surface area contributed by atoms with E-state index >= 15 is 0 Å². The molecule has 0 N–H and O–H groups in total. The Bertz CT molecular complexity index is 589.